The Balaban J connectivity index is 1.38. The van der Waals surface area contributed by atoms with Gasteiger partial charge in [-0.15, -0.1) is 0 Å². The summed E-state index contributed by atoms with van der Waals surface area (Å²) in [7, 11) is 0. The summed E-state index contributed by atoms with van der Waals surface area (Å²) in [5, 5.41) is 3.31. The van der Waals surface area contributed by atoms with Crippen LogP contribution in [0.3, 0.4) is 0 Å². The van der Waals surface area contributed by atoms with Gasteiger partial charge in [-0.05, 0) is 72.1 Å². The third-order valence-corrected chi connectivity index (χ3v) is 8.08. The molecule has 0 aliphatic rings. The highest BCUT2D eigenvalue weighted by molar-refractivity contribution is 6.12. The van der Waals surface area contributed by atoms with Crippen LogP contribution in [0.1, 0.15) is 25.3 Å². The first-order valence-corrected chi connectivity index (χ1v) is 14.3. The summed E-state index contributed by atoms with van der Waals surface area (Å²) in [4.78, 5) is 11.8. The maximum absolute atomic E-state index is 6.46. The van der Waals surface area contributed by atoms with Gasteiger partial charge in [0.1, 0.15) is 17.4 Å². The highest BCUT2D eigenvalue weighted by Crippen LogP contribution is 2.41. The predicted molar refractivity (Wildman–Crippen MR) is 172 cm³/mol. The summed E-state index contributed by atoms with van der Waals surface area (Å²) in [5.74, 6) is 1.16. The standard InChI is InChI=1S/C37H28N4O/c1-24(2)25-17-20-34-31(21-25)35-36(42-34)37(39-23-38-35)41-32-16-10-9-15-29(32)30-22-28(18-19-33(30)41)40(26-11-5-3-6-12-26)27-13-7-4-8-14-27/h3-24H,1-2H3. The molecule has 3 aromatic heterocycles. The zero-order chi connectivity index (χ0) is 28.2. The Morgan fingerprint density at radius 3 is 2.05 bits per heavy atom. The molecule has 0 radical (unpaired) electrons. The molecule has 5 nitrogen and oxygen atoms in total. The third kappa shape index (κ3) is 3.78. The number of rotatable bonds is 5. The number of furan rings is 1. The van der Waals surface area contributed by atoms with Gasteiger partial charge in [0.05, 0.1) is 11.0 Å². The van der Waals surface area contributed by atoms with Crippen molar-refractivity contribution in [3.05, 3.63) is 133 Å². The van der Waals surface area contributed by atoms with Crippen LogP contribution < -0.4 is 4.90 Å². The number of aromatic nitrogens is 3. The van der Waals surface area contributed by atoms with E-state index < -0.39 is 0 Å². The van der Waals surface area contributed by atoms with Crippen LogP contribution in [0.15, 0.2) is 132 Å². The summed E-state index contributed by atoms with van der Waals surface area (Å²) >= 11 is 0. The van der Waals surface area contributed by atoms with Gasteiger partial charge in [-0.2, -0.15) is 0 Å². The van der Waals surface area contributed by atoms with Crippen molar-refractivity contribution >= 4 is 60.9 Å². The maximum Gasteiger partial charge on any atom is 0.197 e. The topological polar surface area (TPSA) is 47.1 Å². The Morgan fingerprint density at radius 2 is 1.31 bits per heavy atom. The molecule has 3 heterocycles. The number of fused-ring (bicyclic) bond motifs is 6. The van der Waals surface area contributed by atoms with Crippen LogP contribution in [0.25, 0.3) is 49.7 Å². The van der Waals surface area contributed by atoms with Crippen molar-refractivity contribution in [3.63, 3.8) is 0 Å². The van der Waals surface area contributed by atoms with E-state index in [2.05, 4.69) is 137 Å². The minimum atomic E-state index is 0.415. The number of para-hydroxylation sites is 3. The van der Waals surface area contributed by atoms with E-state index in [9.17, 15) is 0 Å². The molecule has 5 heteroatoms. The zero-order valence-electron chi connectivity index (χ0n) is 23.4. The summed E-state index contributed by atoms with van der Waals surface area (Å²) in [6.45, 7) is 4.40. The molecule has 202 valence electrons. The highest BCUT2D eigenvalue weighted by atomic mass is 16.3. The second kappa shape index (κ2) is 9.60. The number of nitrogens with zero attached hydrogens (tertiary/aromatic N) is 4. The van der Waals surface area contributed by atoms with Crippen molar-refractivity contribution in [2.45, 2.75) is 19.8 Å². The molecule has 8 aromatic rings. The van der Waals surface area contributed by atoms with Crippen LogP contribution in [0, 0.1) is 0 Å². The van der Waals surface area contributed by atoms with E-state index in [-0.39, 0.29) is 0 Å². The van der Waals surface area contributed by atoms with Gasteiger partial charge >= 0.3 is 0 Å². The smallest absolute Gasteiger partial charge is 0.197 e. The van der Waals surface area contributed by atoms with Gasteiger partial charge in [-0.25, -0.2) is 9.97 Å². The number of hydrogen-bond donors (Lipinski definition) is 0. The van der Waals surface area contributed by atoms with Crippen LogP contribution in [-0.4, -0.2) is 14.5 Å². The molecule has 0 fully saturated rings. The fourth-order valence-corrected chi connectivity index (χ4v) is 6.03. The van der Waals surface area contributed by atoms with Crippen molar-refractivity contribution in [2.24, 2.45) is 0 Å². The molecule has 0 bridgehead atoms. The summed E-state index contributed by atoms with van der Waals surface area (Å²) in [6, 6.07) is 42.5. The molecule has 42 heavy (non-hydrogen) atoms. The fraction of sp³-hybridized carbons (Fsp3) is 0.0811. The van der Waals surface area contributed by atoms with E-state index in [0.717, 1.165) is 61.2 Å². The lowest BCUT2D eigenvalue weighted by molar-refractivity contribution is 0.662. The fourth-order valence-electron chi connectivity index (χ4n) is 6.03. The Bertz CT molecular complexity index is 2190. The van der Waals surface area contributed by atoms with Gasteiger partial charge < -0.3 is 9.32 Å². The molecule has 5 aromatic carbocycles. The summed E-state index contributed by atoms with van der Waals surface area (Å²) in [6.07, 6.45) is 1.65. The van der Waals surface area contributed by atoms with E-state index in [1.807, 2.05) is 12.1 Å². The van der Waals surface area contributed by atoms with E-state index in [4.69, 9.17) is 9.40 Å². The maximum atomic E-state index is 6.46. The number of hydrogen-bond acceptors (Lipinski definition) is 4. The molecular weight excluding hydrogens is 516 g/mol. The predicted octanol–water partition coefficient (Wildman–Crippen LogP) is 10.1. The Kier molecular flexibility index (Phi) is 5.57. The van der Waals surface area contributed by atoms with E-state index >= 15 is 0 Å². The second-order valence-corrected chi connectivity index (χ2v) is 10.9. The van der Waals surface area contributed by atoms with Crippen molar-refractivity contribution in [1.82, 2.24) is 14.5 Å². The average Bonchev–Trinajstić information content (AvgIpc) is 3.57. The van der Waals surface area contributed by atoms with Crippen molar-refractivity contribution in [3.8, 4) is 5.82 Å². The average molecular weight is 545 g/mol. The molecule has 0 spiro atoms. The molecule has 8 rings (SSSR count). The van der Waals surface area contributed by atoms with Crippen LogP contribution in [0.4, 0.5) is 17.1 Å². The second-order valence-electron chi connectivity index (χ2n) is 10.9. The largest absolute Gasteiger partial charge is 0.450 e. The van der Waals surface area contributed by atoms with E-state index in [0.29, 0.717) is 11.5 Å². The van der Waals surface area contributed by atoms with Gasteiger partial charge in [-0.3, -0.25) is 4.57 Å². The molecule has 0 saturated heterocycles. The Labute approximate surface area is 243 Å². The lowest BCUT2D eigenvalue weighted by Gasteiger charge is -2.25. The first-order valence-electron chi connectivity index (χ1n) is 14.3. The Morgan fingerprint density at radius 1 is 0.619 bits per heavy atom. The first-order chi connectivity index (χ1) is 20.7. The van der Waals surface area contributed by atoms with Crippen LogP contribution in [-0.2, 0) is 0 Å². The Hall–Kier alpha value is -5.42. The third-order valence-electron chi connectivity index (χ3n) is 8.08. The van der Waals surface area contributed by atoms with Crippen molar-refractivity contribution in [1.29, 1.82) is 0 Å². The molecular formula is C37H28N4O. The van der Waals surface area contributed by atoms with Gasteiger partial charge in [0.2, 0.25) is 0 Å². The van der Waals surface area contributed by atoms with Crippen LogP contribution >= 0.6 is 0 Å². The monoisotopic (exact) mass is 544 g/mol. The van der Waals surface area contributed by atoms with Gasteiger partial charge in [0.15, 0.2) is 11.4 Å². The van der Waals surface area contributed by atoms with Gasteiger partial charge in [0.25, 0.3) is 0 Å². The lowest BCUT2D eigenvalue weighted by Crippen LogP contribution is -2.09. The molecule has 0 saturated carbocycles. The normalized spacial score (nSPS) is 11.8. The molecule has 0 atom stereocenters. The zero-order valence-corrected chi connectivity index (χ0v) is 23.4. The molecule has 0 aliphatic heterocycles. The van der Waals surface area contributed by atoms with Crippen LogP contribution in [0.5, 0.6) is 0 Å². The van der Waals surface area contributed by atoms with Crippen molar-refractivity contribution < 1.29 is 4.42 Å². The van der Waals surface area contributed by atoms with E-state index in [1.165, 1.54) is 5.56 Å². The van der Waals surface area contributed by atoms with Gasteiger partial charge in [-0.1, -0.05) is 74.5 Å². The molecule has 0 N–H and O–H groups in total. The number of anilines is 3. The van der Waals surface area contributed by atoms with Gasteiger partial charge in [0, 0.05) is 33.2 Å². The quantitative estimate of drug-likeness (QED) is 0.216. The highest BCUT2D eigenvalue weighted by Gasteiger charge is 2.21. The number of benzene rings is 5. The van der Waals surface area contributed by atoms with Crippen LogP contribution in [0.2, 0.25) is 0 Å². The molecule has 0 aliphatic carbocycles. The minimum absolute atomic E-state index is 0.415. The molecule has 0 unspecified atom stereocenters. The molecule has 0 amide bonds. The minimum Gasteiger partial charge on any atom is -0.450 e. The summed E-state index contributed by atoms with van der Waals surface area (Å²) < 4.78 is 8.67. The summed E-state index contributed by atoms with van der Waals surface area (Å²) in [5.41, 5.74) is 9.02. The first kappa shape index (κ1) is 24.4. The van der Waals surface area contributed by atoms with Crippen molar-refractivity contribution in [2.75, 3.05) is 4.90 Å². The lowest BCUT2D eigenvalue weighted by atomic mass is 10.0. The SMILES string of the molecule is CC(C)c1ccc2oc3c(-n4c5ccccc5c5cc(N(c6ccccc6)c6ccccc6)ccc54)ncnc3c2c1. The van der Waals surface area contributed by atoms with E-state index in [1.54, 1.807) is 6.33 Å².